The Balaban J connectivity index is 1.65. The normalized spacial score (nSPS) is 20.2. The molecule has 4 nitrogen and oxygen atoms in total. The van der Waals surface area contributed by atoms with E-state index in [9.17, 15) is 9.59 Å². The SMILES string of the molecule is C[C@@H](C(=O)N1CCCC(c2ccccc2)(c2ccccc2)C1)N1CCCC1=O. The van der Waals surface area contributed by atoms with Gasteiger partial charge in [-0.15, -0.1) is 0 Å². The van der Waals surface area contributed by atoms with Gasteiger partial charge in [-0.1, -0.05) is 60.7 Å². The van der Waals surface area contributed by atoms with Crippen molar-refractivity contribution in [3.63, 3.8) is 0 Å². The largest absolute Gasteiger partial charge is 0.340 e. The Bertz CT molecular complexity index is 795. The van der Waals surface area contributed by atoms with Gasteiger partial charge in [0.2, 0.25) is 11.8 Å². The molecule has 4 rings (SSSR count). The number of benzene rings is 2. The molecule has 0 N–H and O–H groups in total. The summed E-state index contributed by atoms with van der Waals surface area (Å²) in [5.41, 5.74) is 2.30. The number of amides is 2. The van der Waals surface area contributed by atoms with Crippen LogP contribution in [-0.2, 0) is 15.0 Å². The zero-order valence-electron chi connectivity index (χ0n) is 16.5. The molecule has 28 heavy (non-hydrogen) atoms. The molecule has 0 saturated carbocycles. The molecular formula is C24H28N2O2. The second kappa shape index (κ2) is 7.78. The van der Waals surface area contributed by atoms with Crippen molar-refractivity contribution >= 4 is 11.8 Å². The third-order valence-corrected chi connectivity index (χ3v) is 6.39. The van der Waals surface area contributed by atoms with E-state index in [1.807, 2.05) is 24.0 Å². The highest BCUT2D eigenvalue weighted by Crippen LogP contribution is 2.40. The summed E-state index contributed by atoms with van der Waals surface area (Å²) < 4.78 is 0. The molecular weight excluding hydrogens is 348 g/mol. The van der Waals surface area contributed by atoms with Gasteiger partial charge in [0.05, 0.1) is 0 Å². The molecule has 2 aromatic carbocycles. The summed E-state index contributed by atoms with van der Waals surface area (Å²) in [7, 11) is 0. The first-order valence-electron chi connectivity index (χ1n) is 10.3. The van der Waals surface area contributed by atoms with Crippen LogP contribution >= 0.6 is 0 Å². The molecule has 2 fully saturated rings. The fourth-order valence-corrected chi connectivity index (χ4v) is 4.87. The fourth-order valence-electron chi connectivity index (χ4n) is 4.87. The van der Waals surface area contributed by atoms with Gasteiger partial charge in [-0.3, -0.25) is 9.59 Å². The van der Waals surface area contributed by atoms with Crippen LogP contribution in [-0.4, -0.2) is 47.3 Å². The Morgan fingerprint density at radius 3 is 2.07 bits per heavy atom. The molecule has 2 saturated heterocycles. The second-order valence-electron chi connectivity index (χ2n) is 8.04. The number of carbonyl (C=O) groups excluding carboxylic acids is 2. The van der Waals surface area contributed by atoms with E-state index in [1.165, 1.54) is 11.1 Å². The van der Waals surface area contributed by atoms with Crippen LogP contribution in [0.2, 0.25) is 0 Å². The number of piperidine rings is 1. The summed E-state index contributed by atoms with van der Waals surface area (Å²) in [5.74, 6) is 0.182. The van der Waals surface area contributed by atoms with Crippen molar-refractivity contribution in [3.05, 3.63) is 71.8 Å². The lowest BCUT2D eigenvalue weighted by Crippen LogP contribution is -2.54. The van der Waals surface area contributed by atoms with Crippen LogP contribution in [0.4, 0.5) is 0 Å². The van der Waals surface area contributed by atoms with Crippen LogP contribution in [0.25, 0.3) is 0 Å². The highest BCUT2D eigenvalue weighted by atomic mass is 16.2. The molecule has 2 aromatic rings. The van der Waals surface area contributed by atoms with E-state index in [0.29, 0.717) is 19.5 Å². The van der Waals surface area contributed by atoms with Gasteiger partial charge in [-0.25, -0.2) is 0 Å². The summed E-state index contributed by atoms with van der Waals surface area (Å²) >= 11 is 0. The van der Waals surface area contributed by atoms with Crippen molar-refractivity contribution in [3.8, 4) is 0 Å². The first-order chi connectivity index (χ1) is 13.6. The lowest BCUT2D eigenvalue weighted by atomic mass is 9.69. The van der Waals surface area contributed by atoms with Crippen molar-refractivity contribution in [1.82, 2.24) is 9.80 Å². The third-order valence-electron chi connectivity index (χ3n) is 6.39. The Morgan fingerprint density at radius 1 is 0.929 bits per heavy atom. The quantitative estimate of drug-likeness (QED) is 0.818. The molecule has 0 unspecified atom stereocenters. The molecule has 0 bridgehead atoms. The zero-order valence-corrected chi connectivity index (χ0v) is 16.5. The summed E-state index contributed by atoms with van der Waals surface area (Å²) in [6, 6.07) is 20.7. The number of likely N-dealkylation sites (tertiary alicyclic amines) is 2. The average Bonchev–Trinajstić information content (AvgIpc) is 3.19. The van der Waals surface area contributed by atoms with Crippen LogP contribution < -0.4 is 0 Å². The minimum absolute atomic E-state index is 0.0752. The highest BCUT2D eigenvalue weighted by Gasteiger charge is 2.42. The van der Waals surface area contributed by atoms with Gasteiger partial charge < -0.3 is 9.80 Å². The second-order valence-corrected chi connectivity index (χ2v) is 8.04. The Morgan fingerprint density at radius 2 is 1.54 bits per heavy atom. The standard InChI is InChI=1S/C24H28N2O2/c1-19(26-17-8-14-22(26)27)23(28)25-16-9-15-24(18-25,20-10-4-2-5-11-20)21-12-6-3-7-13-21/h2-7,10-13,19H,8-9,14-18H2,1H3/t19-/m0/s1. The van der Waals surface area contributed by atoms with Crippen molar-refractivity contribution < 1.29 is 9.59 Å². The van der Waals surface area contributed by atoms with Gasteiger partial charge in [-0.2, -0.15) is 0 Å². The molecule has 2 amide bonds. The molecule has 2 heterocycles. The maximum absolute atomic E-state index is 13.3. The molecule has 0 aliphatic carbocycles. The van der Waals surface area contributed by atoms with E-state index in [2.05, 4.69) is 48.5 Å². The lowest BCUT2D eigenvalue weighted by Gasteiger charge is -2.45. The van der Waals surface area contributed by atoms with Crippen molar-refractivity contribution in [2.45, 2.75) is 44.1 Å². The number of hydrogen-bond acceptors (Lipinski definition) is 2. The summed E-state index contributed by atoms with van der Waals surface area (Å²) in [6.45, 7) is 3.99. The van der Waals surface area contributed by atoms with Gasteiger partial charge in [-0.05, 0) is 37.3 Å². The van der Waals surface area contributed by atoms with E-state index in [-0.39, 0.29) is 23.3 Å². The molecule has 1 atom stereocenters. The molecule has 2 aliphatic heterocycles. The maximum atomic E-state index is 13.3. The number of nitrogens with zero attached hydrogens (tertiary/aromatic N) is 2. The molecule has 0 radical (unpaired) electrons. The molecule has 0 aromatic heterocycles. The van der Waals surface area contributed by atoms with E-state index >= 15 is 0 Å². The Kier molecular flexibility index (Phi) is 5.21. The topological polar surface area (TPSA) is 40.6 Å². The van der Waals surface area contributed by atoms with Gasteiger partial charge in [0, 0.05) is 31.5 Å². The minimum Gasteiger partial charge on any atom is -0.340 e. The van der Waals surface area contributed by atoms with Crippen molar-refractivity contribution in [1.29, 1.82) is 0 Å². The number of hydrogen-bond donors (Lipinski definition) is 0. The Labute approximate surface area is 167 Å². The first kappa shape index (κ1) is 18.7. The first-order valence-corrected chi connectivity index (χ1v) is 10.3. The summed E-state index contributed by atoms with van der Waals surface area (Å²) in [6.07, 6.45) is 3.39. The van der Waals surface area contributed by atoms with E-state index in [4.69, 9.17) is 0 Å². The highest BCUT2D eigenvalue weighted by molar-refractivity contribution is 5.88. The van der Waals surface area contributed by atoms with Crippen LogP contribution in [0.5, 0.6) is 0 Å². The molecule has 4 heteroatoms. The van der Waals surface area contributed by atoms with Crippen LogP contribution in [0.15, 0.2) is 60.7 Å². The predicted octanol–water partition coefficient (Wildman–Crippen LogP) is 3.61. The minimum atomic E-state index is -0.377. The Hall–Kier alpha value is -2.62. The van der Waals surface area contributed by atoms with Gasteiger partial charge in [0.15, 0.2) is 0 Å². The van der Waals surface area contributed by atoms with Crippen LogP contribution in [0.1, 0.15) is 43.7 Å². The van der Waals surface area contributed by atoms with Crippen molar-refractivity contribution in [2.75, 3.05) is 19.6 Å². The van der Waals surface area contributed by atoms with Gasteiger partial charge in [0.1, 0.15) is 6.04 Å². The number of carbonyl (C=O) groups is 2. The van der Waals surface area contributed by atoms with E-state index < -0.39 is 0 Å². The molecule has 146 valence electrons. The summed E-state index contributed by atoms with van der Waals surface area (Å²) in [5, 5.41) is 0. The monoisotopic (exact) mass is 376 g/mol. The van der Waals surface area contributed by atoms with Crippen molar-refractivity contribution in [2.24, 2.45) is 0 Å². The summed E-state index contributed by atoms with van der Waals surface area (Å²) in [4.78, 5) is 29.2. The van der Waals surface area contributed by atoms with Gasteiger partial charge in [0.25, 0.3) is 0 Å². The smallest absolute Gasteiger partial charge is 0.245 e. The van der Waals surface area contributed by atoms with E-state index in [1.54, 1.807) is 4.90 Å². The molecule has 0 spiro atoms. The van der Waals surface area contributed by atoms with Crippen LogP contribution in [0.3, 0.4) is 0 Å². The lowest BCUT2D eigenvalue weighted by molar-refractivity contribution is -0.144. The van der Waals surface area contributed by atoms with E-state index in [0.717, 1.165) is 25.8 Å². The fraction of sp³-hybridized carbons (Fsp3) is 0.417. The predicted molar refractivity (Wildman–Crippen MR) is 110 cm³/mol. The third kappa shape index (κ3) is 3.32. The van der Waals surface area contributed by atoms with Gasteiger partial charge >= 0.3 is 0 Å². The zero-order chi connectivity index (χ0) is 19.6. The molecule has 2 aliphatic rings. The maximum Gasteiger partial charge on any atom is 0.245 e. The van der Waals surface area contributed by atoms with Crippen LogP contribution in [0, 0.1) is 0 Å². The number of rotatable bonds is 4. The average molecular weight is 377 g/mol.